The topological polar surface area (TPSA) is 6.48 Å². The fourth-order valence-electron chi connectivity index (χ4n) is 6.23. The Balaban J connectivity index is 1.53. The van der Waals surface area contributed by atoms with E-state index in [0.717, 1.165) is 0 Å². The summed E-state index contributed by atoms with van der Waals surface area (Å²) >= 11 is 0. The fourth-order valence-corrected chi connectivity index (χ4v) is 6.23. The Bertz CT molecular complexity index is 1640. The van der Waals surface area contributed by atoms with Crippen molar-refractivity contribution in [3.63, 3.8) is 0 Å². The van der Waals surface area contributed by atoms with Gasteiger partial charge in [0.25, 0.3) is 0 Å². The van der Waals surface area contributed by atoms with Gasteiger partial charge in [0.05, 0.1) is 23.5 Å². The van der Waals surface area contributed by atoms with Gasteiger partial charge in [0, 0.05) is 10.8 Å². The Morgan fingerprint density at radius 2 is 0.821 bits per heavy atom. The summed E-state index contributed by atoms with van der Waals surface area (Å²) in [5, 5.41) is 4.97. The Labute approximate surface area is 230 Å². The van der Waals surface area contributed by atoms with Crippen molar-refractivity contribution >= 4 is 32.9 Å². The highest BCUT2D eigenvalue weighted by Gasteiger charge is 2.45. The summed E-state index contributed by atoms with van der Waals surface area (Å²) in [6.45, 7) is 8.39. The zero-order valence-electron chi connectivity index (χ0n) is 22.3. The molecular formula is C37H30N2. The molecule has 39 heavy (non-hydrogen) atoms. The zero-order valence-corrected chi connectivity index (χ0v) is 22.3. The molecule has 0 N–H and O–H groups in total. The summed E-state index contributed by atoms with van der Waals surface area (Å²) in [6.07, 6.45) is 0. The molecule has 6 aromatic rings. The minimum atomic E-state index is 0.0245. The van der Waals surface area contributed by atoms with Crippen LogP contribution < -0.4 is 9.80 Å². The van der Waals surface area contributed by atoms with Crippen LogP contribution in [0, 0.1) is 20.5 Å². The molecule has 188 valence electrons. The van der Waals surface area contributed by atoms with Gasteiger partial charge in [-0.3, -0.25) is 0 Å². The van der Waals surface area contributed by atoms with E-state index in [-0.39, 0.29) is 12.1 Å². The third-order valence-electron chi connectivity index (χ3n) is 8.04. The van der Waals surface area contributed by atoms with Crippen molar-refractivity contribution < 1.29 is 0 Å². The molecule has 1 heterocycles. The Hall–Kier alpha value is -4.56. The SMILES string of the molecule is Cc1ccc2ccccc2c1N1[C]N(c2c(C)ccc3ccccc23)[C@@H](c2ccccc2)[C@@H]1c1ccccc1. The van der Waals surface area contributed by atoms with E-state index in [9.17, 15) is 0 Å². The summed E-state index contributed by atoms with van der Waals surface area (Å²) in [4.78, 5) is 4.82. The first-order valence-corrected chi connectivity index (χ1v) is 13.6. The first-order valence-electron chi connectivity index (χ1n) is 13.6. The molecule has 2 heteroatoms. The van der Waals surface area contributed by atoms with Gasteiger partial charge in [0.15, 0.2) is 0 Å². The maximum Gasteiger partial charge on any atom is 0.210 e. The van der Waals surface area contributed by atoms with E-state index in [1.807, 2.05) is 0 Å². The van der Waals surface area contributed by atoms with E-state index in [0.29, 0.717) is 0 Å². The third kappa shape index (κ3) is 3.95. The van der Waals surface area contributed by atoms with Gasteiger partial charge in [-0.2, -0.15) is 0 Å². The molecule has 6 aromatic carbocycles. The van der Waals surface area contributed by atoms with Gasteiger partial charge < -0.3 is 9.80 Å². The van der Waals surface area contributed by atoms with Crippen molar-refractivity contribution in [1.82, 2.24) is 0 Å². The second kappa shape index (κ2) is 9.63. The molecule has 2 radical (unpaired) electrons. The second-order valence-electron chi connectivity index (χ2n) is 10.5. The van der Waals surface area contributed by atoms with Gasteiger partial charge in [-0.1, -0.05) is 133 Å². The van der Waals surface area contributed by atoms with Gasteiger partial charge >= 0.3 is 0 Å². The number of fused-ring (bicyclic) bond motifs is 2. The Morgan fingerprint density at radius 3 is 1.26 bits per heavy atom. The predicted octanol–water partition coefficient (Wildman–Crippen LogP) is 9.42. The maximum atomic E-state index is 3.95. The first-order chi connectivity index (χ1) is 19.2. The molecule has 0 amide bonds. The molecule has 0 saturated carbocycles. The van der Waals surface area contributed by atoms with Gasteiger partial charge in [0.1, 0.15) is 0 Å². The van der Waals surface area contributed by atoms with Gasteiger partial charge in [-0.25, -0.2) is 0 Å². The van der Waals surface area contributed by atoms with Crippen LogP contribution in [0.2, 0.25) is 0 Å². The molecule has 0 spiro atoms. The van der Waals surface area contributed by atoms with Crippen LogP contribution in [0.3, 0.4) is 0 Å². The second-order valence-corrected chi connectivity index (χ2v) is 10.5. The van der Waals surface area contributed by atoms with E-state index < -0.39 is 0 Å². The minimum Gasteiger partial charge on any atom is -0.331 e. The molecule has 1 aliphatic rings. The van der Waals surface area contributed by atoms with Gasteiger partial charge in [-0.05, 0) is 46.9 Å². The van der Waals surface area contributed by atoms with Crippen molar-refractivity contribution in [3.05, 3.63) is 162 Å². The monoisotopic (exact) mass is 502 g/mol. The largest absolute Gasteiger partial charge is 0.331 e. The quantitative estimate of drug-likeness (QED) is 0.237. The lowest BCUT2D eigenvalue weighted by Gasteiger charge is -2.32. The number of benzene rings is 6. The fraction of sp³-hybridized carbons (Fsp3) is 0.108. The molecule has 1 saturated heterocycles. The number of hydrogen-bond donors (Lipinski definition) is 0. The molecule has 0 aromatic heterocycles. The average Bonchev–Trinajstić information content (AvgIpc) is 3.37. The van der Waals surface area contributed by atoms with Crippen LogP contribution in [0.25, 0.3) is 21.5 Å². The van der Waals surface area contributed by atoms with E-state index in [1.165, 1.54) is 55.2 Å². The zero-order chi connectivity index (χ0) is 26.3. The lowest BCUT2D eigenvalue weighted by Crippen LogP contribution is -2.24. The number of anilines is 2. The third-order valence-corrected chi connectivity index (χ3v) is 8.04. The normalized spacial score (nSPS) is 17.3. The molecule has 7 rings (SSSR count). The van der Waals surface area contributed by atoms with Crippen molar-refractivity contribution in [1.29, 1.82) is 0 Å². The molecular weight excluding hydrogens is 472 g/mol. The first kappa shape index (κ1) is 23.5. The van der Waals surface area contributed by atoms with Crippen molar-refractivity contribution in [2.75, 3.05) is 9.80 Å². The molecule has 0 unspecified atom stereocenters. The Morgan fingerprint density at radius 1 is 0.436 bits per heavy atom. The molecule has 2 nitrogen and oxygen atoms in total. The van der Waals surface area contributed by atoms with E-state index >= 15 is 0 Å². The Kier molecular flexibility index (Phi) is 5.82. The smallest absolute Gasteiger partial charge is 0.210 e. The van der Waals surface area contributed by atoms with Crippen LogP contribution in [-0.4, -0.2) is 0 Å². The lowest BCUT2D eigenvalue weighted by atomic mass is 9.91. The maximum absolute atomic E-state index is 3.95. The molecule has 2 atom stereocenters. The predicted molar refractivity (Wildman–Crippen MR) is 164 cm³/mol. The van der Waals surface area contributed by atoms with E-state index in [1.54, 1.807) is 0 Å². The standard InChI is InChI=1S/C37H30N2/c1-26-21-23-28-13-9-11-19-32(28)34(26)38-25-39(35-27(2)22-24-29-14-10-12-20-33(29)35)37(31-17-7-4-8-18-31)36(38)30-15-5-3-6-16-30/h3-24,36-37H,1-2H3/t36-,37-/m0/s1. The molecule has 1 fully saturated rings. The van der Waals surface area contributed by atoms with E-state index in [4.69, 9.17) is 0 Å². The van der Waals surface area contributed by atoms with Crippen LogP contribution in [0.15, 0.2) is 133 Å². The van der Waals surface area contributed by atoms with Gasteiger partial charge in [0.2, 0.25) is 6.67 Å². The molecule has 1 aliphatic heterocycles. The van der Waals surface area contributed by atoms with Crippen LogP contribution in [0.4, 0.5) is 11.4 Å². The number of rotatable bonds is 4. The summed E-state index contributed by atoms with van der Waals surface area (Å²) < 4.78 is 0. The van der Waals surface area contributed by atoms with Crippen molar-refractivity contribution in [2.24, 2.45) is 0 Å². The van der Waals surface area contributed by atoms with Crippen LogP contribution >= 0.6 is 0 Å². The molecule has 0 aliphatic carbocycles. The van der Waals surface area contributed by atoms with Crippen LogP contribution in [0.1, 0.15) is 34.3 Å². The van der Waals surface area contributed by atoms with Crippen molar-refractivity contribution in [2.45, 2.75) is 25.9 Å². The summed E-state index contributed by atoms with van der Waals surface area (Å²) in [5.41, 5.74) is 7.44. The van der Waals surface area contributed by atoms with Crippen LogP contribution in [0.5, 0.6) is 0 Å². The number of nitrogens with zero attached hydrogens (tertiary/aromatic N) is 2. The van der Waals surface area contributed by atoms with Crippen molar-refractivity contribution in [3.8, 4) is 0 Å². The highest BCUT2D eigenvalue weighted by atomic mass is 15.4. The number of hydrogen-bond acceptors (Lipinski definition) is 2. The number of aryl methyl sites for hydroxylation is 2. The molecule has 0 bridgehead atoms. The highest BCUT2D eigenvalue weighted by Crippen LogP contribution is 2.53. The average molecular weight is 503 g/mol. The van der Waals surface area contributed by atoms with Gasteiger partial charge in [-0.15, -0.1) is 0 Å². The van der Waals surface area contributed by atoms with E-state index in [2.05, 4.69) is 164 Å². The lowest BCUT2D eigenvalue weighted by molar-refractivity contribution is 0.619. The van der Waals surface area contributed by atoms with Crippen LogP contribution in [-0.2, 0) is 0 Å². The highest BCUT2D eigenvalue weighted by molar-refractivity contribution is 5.99. The minimum absolute atomic E-state index is 0.0245. The summed E-state index contributed by atoms with van der Waals surface area (Å²) in [6, 6.07) is 48.2. The summed E-state index contributed by atoms with van der Waals surface area (Å²) in [7, 11) is 0. The summed E-state index contributed by atoms with van der Waals surface area (Å²) in [5.74, 6) is 0.